The Morgan fingerprint density at radius 2 is 2.38 bits per heavy atom. The number of carbonyl (C=O) groups excluding carboxylic acids is 1. The predicted molar refractivity (Wildman–Crippen MR) is 64.2 cm³/mol. The number of aliphatic hydroxyl groups excluding tert-OH is 1. The molecular weight excluding hydrogens is 204 g/mol. The van der Waals surface area contributed by atoms with Gasteiger partial charge in [0.25, 0.3) is 0 Å². The number of hydrogen-bond acceptors (Lipinski definition) is 2. The third-order valence-corrected chi connectivity index (χ3v) is 3.18. The molecule has 2 atom stereocenters. The Hall–Kier alpha value is -1.03. The third-order valence-electron chi connectivity index (χ3n) is 3.18. The lowest BCUT2D eigenvalue weighted by Gasteiger charge is -2.25. The molecule has 1 aliphatic rings. The largest absolute Gasteiger partial charge is 0.395 e. The van der Waals surface area contributed by atoms with Gasteiger partial charge in [-0.05, 0) is 18.8 Å². The number of aliphatic hydroxyl groups is 1. The van der Waals surface area contributed by atoms with E-state index in [4.69, 9.17) is 5.11 Å². The van der Waals surface area contributed by atoms with E-state index in [1.807, 2.05) is 0 Å². The number of nitrogens with zero attached hydrogens (tertiary/aromatic N) is 1. The summed E-state index contributed by atoms with van der Waals surface area (Å²) in [4.78, 5) is 13.5. The van der Waals surface area contributed by atoms with Gasteiger partial charge in [-0.3, -0.25) is 0 Å². The summed E-state index contributed by atoms with van der Waals surface area (Å²) in [6.45, 7) is 6.60. The zero-order valence-corrected chi connectivity index (χ0v) is 9.98. The van der Waals surface area contributed by atoms with Crippen molar-refractivity contribution >= 4 is 6.03 Å². The Morgan fingerprint density at radius 3 is 2.88 bits per heavy atom. The summed E-state index contributed by atoms with van der Waals surface area (Å²) in [6, 6.07) is 0.200. The molecule has 0 bridgehead atoms. The molecular formula is C12H22N2O2. The average Bonchev–Trinajstić information content (AvgIpc) is 2.64. The maximum absolute atomic E-state index is 11.9. The first-order chi connectivity index (χ1) is 7.69. The molecule has 1 saturated carbocycles. The Morgan fingerprint density at radius 1 is 1.62 bits per heavy atom. The molecule has 4 heteroatoms. The lowest BCUT2D eigenvalue weighted by atomic mass is 10.1. The van der Waals surface area contributed by atoms with Crippen LogP contribution in [-0.4, -0.2) is 41.8 Å². The highest BCUT2D eigenvalue weighted by molar-refractivity contribution is 5.74. The van der Waals surface area contributed by atoms with E-state index in [0.717, 1.165) is 6.42 Å². The van der Waals surface area contributed by atoms with Gasteiger partial charge in [0, 0.05) is 19.1 Å². The van der Waals surface area contributed by atoms with Gasteiger partial charge in [-0.1, -0.05) is 19.4 Å². The monoisotopic (exact) mass is 226 g/mol. The minimum Gasteiger partial charge on any atom is -0.395 e. The first-order valence-electron chi connectivity index (χ1n) is 5.96. The van der Waals surface area contributed by atoms with Crippen molar-refractivity contribution in [1.82, 2.24) is 10.2 Å². The van der Waals surface area contributed by atoms with Gasteiger partial charge < -0.3 is 15.3 Å². The van der Waals surface area contributed by atoms with Crippen molar-refractivity contribution in [3.8, 4) is 0 Å². The quantitative estimate of drug-likeness (QED) is 0.696. The van der Waals surface area contributed by atoms with Gasteiger partial charge in [0.1, 0.15) is 0 Å². The molecule has 0 spiro atoms. The molecule has 0 radical (unpaired) electrons. The van der Waals surface area contributed by atoms with Gasteiger partial charge in [-0.15, -0.1) is 6.58 Å². The maximum Gasteiger partial charge on any atom is 0.317 e. The summed E-state index contributed by atoms with van der Waals surface area (Å²) in [6.07, 6.45) is 5.11. The van der Waals surface area contributed by atoms with Crippen LogP contribution in [0.3, 0.4) is 0 Å². The molecule has 0 saturated heterocycles. The van der Waals surface area contributed by atoms with E-state index >= 15 is 0 Å². The van der Waals surface area contributed by atoms with Crippen molar-refractivity contribution in [3.05, 3.63) is 12.7 Å². The molecule has 1 fully saturated rings. The summed E-state index contributed by atoms with van der Waals surface area (Å²) in [7, 11) is 0. The predicted octanol–water partition coefficient (Wildman–Crippen LogP) is 1.36. The van der Waals surface area contributed by atoms with Crippen LogP contribution >= 0.6 is 0 Å². The smallest absolute Gasteiger partial charge is 0.317 e. The topological polar surface area (TPSA) is 52.6 Å². The summed E-state index contributed by atoms with van der Waals surface area (Å²) in [5.74, 6) is 0.559. The number of rotatable bonds is 5. The molecule has 0 heterocycles. The Kier molecular flexibility index (Phi) is 5.32. The molecule has 4 nitrogen and oxygen atoms in total. The first kappa shape index (κ1) is 13.0. The van der Waals surface area contributed by atoms with Crippen molar-refractivity contribution in [2.75, 3.05) is 19.7 Å². The molecule has 0 aromatic heterocycles. The number of carbonyl (C=O) groups is 1. The van der Waals surface area contributed by atoms with Gasteiger partial charge in [0.15, 0.2) is 0 Å². The van der Waals surface area contributed by atoms with Crippen molar-refractivity contribution < 1.29 is 9.90 Å². The fourth-order valence-corrected chi connectivity index (χ4v) is 2.16. The molecule has 0 aliphatic heterocycles. The minimum atomic E-state index is -0.0901. The summed E-state index contributed by atoms with van der Waals surface area (Å²) in [5.41, 5.74) is 0. The van der Waals surface area contributed by atoms with Crippen LogP contribution in [0.2, 0.25) is 0 Å². The van der Waals surface area contributed by atoms with E-state index in [1.54, 1.807) is 11.0 Å². The Labute approximate surface area is 97.3 Å². The second-order valence-electron chi connectivity index (χ2n) is 4.42. The van der Waals surface area contributed by atoms with Gasteiger partial charge in [-0.25, -0.2) is 4.79 Å². The SMILES string of the molecule is C=CCN(CCO)C(=O)NC1CCCC1C. The second-order valence-corrected chi connectivity index (χ2v) is 4.42. The van der Waals surface area contributed by atoms with E-state index in [9.17, 15) is 4.79 Å². The van der Waals surface area contributed by atoms with E-state index < -0.39 is 0 Å². The molecule has 2 unspecified atom stereocenters. The zero-order chi connectivity index (χ0) is 12.0. The lowest BCUT2D eigenvalue weighted by Crippen LogP contribution is -2.46. The standard InChI is InChI=1S/C12H22N2O2/c1-3-7-14(8-9-15)12(16)13-11-6-4-5-10(11)2/h3,10-11,15H,1,4-9H2,2H3,(H,13,16). The van der Waals surface area contributed by atoms with Gasteiger partial charge >= 0.3 is 6.03 Å². The Bertz CT molecular complexity index is 243. The lowest BCUT2D eigenvalue weighted by molar-refractivity contribution is 0.178. The molecule has 1 rings (SSSR count). The van der Waals surface area contributed by atoms with E-state index in [1.165, 1.54) is 12.8 Å². The normalized spacial score (nSPS) is 24.1. The van der Waals surface area contributed by atoms with Crippen LogP contribution in [-0.2, 0) is 0 Å². The van der Waals surface area contributed by atoms with Crippen LogP contribution in [0.1, 0.15) is 26.2 Å². The minimum absolute atomic E-state index is 0.0124. The van der Waals surface area contributed by atoms with Crippen LogP contribution in [0.5, 0.6) is 0 Å². The highest BCUT2D eigenvalue weighted by Gasteiger charge is 2.26. The molecule has 92 valence electrons. The van der Waals surface area contributed by atoms with E-state index in [-0.39, 0.29) is 12.6 Å². The first-order valence-corrected chi connectivity index (χ1v) is 5.96. The summed E-state index contributed by atoms with van der Waals surface area (Å²) in [5, 5.41) is 11.9. The molecule has 0 aromatic rings. The number of nitrogens with one attached hydrogen (secondary N) is 1. The van der Waals surface area contributed by atoms with E-state index in [0.29, 0.717) is 25.0 Å². The third kappa shape index (κ3) is 3.52. The summed E-state index contributed by atoms with van der Waals surface area (Å²) >= 11 is 0. The molecule has 2 N–H and O–H groups in total. The second kappa shape index (κ2) is 6.53. The fraction of sp³-hybridized carbons (Fsp3) is 0.750. The van der Waals surface area contributed by atoms with Gasteiger partial charge in [0.2, 0.25) is 0 Å². The zero-order valence-electron chi connectivity index (χ0n) is 9.98. The number of hydrogen-bond donors (Lipinski definition) is 2. The van der Waals surface area contributed by atoms with Crippen LogP contribution in [0, 0.1) is 5.92 Å². The van der Waals surface area contributed by atoms with Crippen LogP contribution < -0.4 is 5.32 Å². The molecule has 1 aliphatic carbocycles. The Balaban J connectivity index is 2.44. The van der Waals surface area contributed by atoms with Crippen LogP contribution in [0.15, 0.2) is 12.7 Å². The van der Waals surface area contributed by atoms with Crippen molar-refractivity contribution in [1.29, 1.82) is 0 Å². The van der Waals surface area contributed by atoms with Crippen LogP contribution in [0.25, 0.3) is 0 Å². The van der Waals surface area contributed by atoms with Crippen molar-refractivity contribution in [3.63, 3.8) is 0 Å². The van der Waals surface area contributed by atoms with Gasteiger partial charge in [0.05, 0.1) is 6.61 Å². The number of amides is 2. The average molecular weight is 226 g/mol. The molecule has 0 aromatic carbocycles. The maximum atomic E-state index is 11.9. The van der Waals surface area contributed by atoms with E-state index in [2.05, 4.69) is 18.8 Å². The molecule has 16 heavy (non-hydrogen) atoms. The van der Waals surface area contributed by atoms with Crippen molar-refractivity contribution in [2.24, 2.45) is 5.92 Å². The molecule has 2 amide bonds. The number of urea groups is 1. The summed E-state index contributed by atoms with van der Waals surface area (Å²) < 4.78 is 0. The van der Waals surface area contributed by atoms with Crippen molar-refractivity contribution in [2.45, 2.75) is 32.2 Å². The van der Waals surface area contributed by atoms with Gasteiger partial charge in [-0.2, -0.15) is 0 Å². The highest BCUT2D eigenvalue weighted by atomic mass is 16.3. The fourth-order valence-electron chi connectivity index (χ4n) is 2.16. The highest BCUT2D eigenvalue weighted by Crippen LogP contribution is 2.24. The van der Waals surface area contributed by atoms with Crippen LogP contribution in [0.4, 0.5) is 4.79 Å².